The van der Waals surface area contributed by atoms with Crippen LogP contribution in [0.3, 0.4) is 0 Å². The average Bonchev–Trinajstić information content (AvgIpc) is 3.14. The number of nitrogens with one attached hydrogen (secondary N) is 1. The third-order valence-corrected chi connectivity index (χ3v) is 5.51. The second-order valence-corrected chi connectivity index (χ2v) is 6.99. The Kier molecular flexibility index (Phi) is 4.85. The second-order valence-electron chi connectivity index (χ2n) is 6.99. The molecule has 0 heterocycles. The van der Waals surface area contributed by atoms with Crippen molar-refractivity contribution in [1.82, 2.24) is 5.32 Å². The van der Waals surface area contributed by atoms with Crippen molar-refractivity contribution in [3.63, 3.8) is 0 Å². The zero-order valence-electron chi connectivity index (χ0n) is 13.4. The number of rotatable bonds is 5. The van der Waals surface area contributed by atoms with Gasteiger partial charge in [0.05, 0.1) is 0 Å². The lowest BCUT2D eigenvalue weighted by Gasteiger charge is -2.30. The first-order valence-corrected chi connectivity index (χ1v) is 8.45. The van der Waals surface area contributed by atoms with Gasteiger partial charge in [-0.15, -0.1) is 0 Å². The fourth-order valence-corrected chi connectivity index (χ4v) is 4.24. The van der Waals surface area contributed by atoms with Crippen LogP contribution in [-0.4, -0.2) is 29.8 Å². The summed E-state index contributed by atoms with van der Waals surface area (Å²) in [5.74, 6) is 0.837. The maximum absolute atomic E-state index is 12.4. The molecule has 2 saturated carbocycles. The van der Waals surface area contributed by atoms with Crippen molar-refractivity contribution < 1.29 is 23.1 Å². The number of amides is 1. The Labute approximate surface area is 139 Å². The summed E-state index contributed by atoms with van der Waals surface area (Å²) in [5, 5.41) is 12.6. The zero-order valence-corrected chi connectivity index (χ0v) is 13.4. The fourth-order valence-electron chi connectivity index (χ4n) is 4.24. The van der Waals surface area contributed by atoms with Crippen LogP contribution >= 0.6 is 0 Å². The van der Waals surface area contributed by atoms with Crippen LogP contribution in [0.5, 0.6) is 0 Å². The van der Waals surface area contributed by atoms with E-state index in [-0.39, 0.29) is 30.9 Å². The minimum atomic E-state index is -4.17. The summed E-state index contributed by atoms with van der Waals surface area (Å²) in [6.45, 7) is 0.0858. The number of benzene rings is 1. The first kappa shape index (κ1) is 17.3. The van der Waals surface area contributed by atoms with Gasteiger partial charge in [-0.3, -0.25) is 4.79 Å². The zero-order chi connectivity index (χ0) is 17.3. The Morgan fingerprint density at radius 3 is 2.46 bits per heavy atom. The molecule has 2 N–H and O–H groups in total. The van der Waals surface area contributed by atoms with E-state index in [0.29, 0.717) is 23.0 Å². The van der Waals surface area contributed by atoms with Gasteiger partial charge in [0.25, 0.3) is 5.91 Å². The van der Waals surface area contributed by atoms with Gasteiger partial charge in [-0.05, 0) is 55.2 Å². The summed E-state index contributed by atoms with van der Waals surface area (Å²) >= 11 is 0. The molecule has 2 fully saturated rings. The van der Waals surface area contributed by atoms with Gasteiger partial charge in [0.1, 0.15) is 0 Å². The molecule has 0 spiro atoms. The number of halogens is 3. The minimum absolute atomic E-state index is 0.00570. The summed E-state index contributed by atoms with van der Waals surface area (Å²) in [6.07, 6.45) is -1.84. The first-order valence-electron chi connectivity index (χ1n) is 8.45. The van der Waals surface area contributed by atoms with Crippen molar-refractivity contribution in [2.75, 3.05) is 6.61 Å². The lowest BCUT2D eigenvalue weighted by molar-refractivity contribution is -0.134. The summed E-state index contributed by atoms with van der Waals surface area (Å²) in [5.41, 5.74) is 1.02. The molecule has 3 nitrogen and oxygen atoms in total. The summed E-state index contributed by atoms with van der Waals surface area (Å²) in [7, 11) is 0. The van der Waals surface area contributed by atoms with Gasteiger partial charge in [-0.1, -0.05) is 12.1 Å². The van der Waals surface area contributed by atoms with Crippen molar-refractivity contribution in [1.29, 1.82) is 0 Å². The highest BCUT2D eigenvalue weighted by molar-refractivity contribution is 5.94. The van der Waals surface area contributed by atoms with Crippen LogP contribution in [-0.2, 0) is 6.42 Å². The smallest absolute Gasteiger partial charge is 0.389 e. The molecule has 4 unspecified atom stereocenters. The van der Waals surface area contributed by atoms with Crippen LogP contribution in [0.2, 0.25) is 0 Å². The van der Waals surface area contributed by atoms with E-state index in [1.807, 2.05) is 0 Å². The summed E-state index contributed by atoms with van der Waals surface area (Å²) < 4.78 is 36.7. The Bertz CT molecular complexity index is 585. The molecule has 132 valence electrons. The van der Waals surface area contributed by atoms with Gasteiger partial charge in [0.2, 0.25) is 0 Å². The molecule has 1 aromatic rings. The molecule has 3 rings (SSSR count). The van der Waals surface area contributed by atoms with Gasteiger partial charge in [0.15, 0.2) is 0 Å². The van der Waals surface area contributed by atoms with Crippen molar-refractivity contribution in [2.24, 2.45) is 17.8 Å². The molecule has 0 aromatic heterocycles. The molecular formula is C18H22F3NO2. The Hall–Kier alpha value is -1.56. The molecule has 2 aliphatic rings. The number of hydrogen-bond acceptors (Lipinski definition) is 2. The minimum Gasteiger partial charge on any atom is -0.396 e. The van der Waals surface area contributed by atoms with E-state index in [9.17, 15) is 23.1 Å². The van der Waals surface area contributed by atoms with Crippen molar-refractivity contribution in [2.45, 2.75) is 44.3 Å². The van der Waals surface area contributed by atoms with Gasteiger partial charge in [-0.25, -0.2) is 0 Å². The van der Waals surface area contributed by atoms with Crippen molar-refractivity contribution >= 4 is 5.91 Å². The van der Waals surface area contributed by atoms with Crippen molar-refractivity contribution in [3.8, 4) is 0 Å². The van der Waals surface area contributed by atoms with Crippen molar-refractivity contribution in [3.05, 3.63) is 35.4 Å². The monoisotopic (exact) mass is 341 g/mol. The maximum Gasteiger partial charge on any atom is 0.389 e. The highest BCUT2D eigenvalue weighted by Crippen LogP contribution is 2.48. The van der Waals surface area contributed by atoms with Gasteiger partial charge >= 0.3 is 6.18 Å². The van der Waals surface area contributed by atoms with E-state index in [1.165, 1.54) is 0 Å². The number of alkyl halides is 3. The van der Waals surface area contributed by atoms with E-state index in [4.69, 9.17) is 0 Å². The number of carbonyl (C=O) groups is 1. The molecule has 0 aliphatic heterocycles. The Morgan fingerprint density at radius 1 is 1.17 bits per heavy atom. The predicted molar refractivity (Wildman–Crippen MR) is 83.5 cm³/mol. The number of aryl methyl sites for hydroxylation is 1. The maximum atomic E-state index is 12.4. The number of fused-ring (bicyclic) bond motifs is 2. The number of carbonyl (C=O) groups excluding carboxylic acids is 1. The first-order chi connectivity index (χ1) is 11.4. The highest BCUT2D eigenvalue weighted by Gasteiger charge is 2.47. The molecule has 24 heavy (non-hydrogen) atoms. The van der Waals surface area contributed by atoms with Crippen LogP contribution in [0.4, 0.5) is 13.2 Å². The second kappa shape index (κ2) is 6.75. The van der Waals surface area contributed by atoms with Crippen LogP contribution in [0.15, 0.2) is 24.3 Å². The van der Waals surface area contributed by atoms with E-state index in [2.05, 4.69) is 5.32 Å². The molecule has 2 bridgehead atoms. The third kappa shape index (κ3) is 3.74. The van der Waals surface area contributed by atoms with Gasteiger partial charge in [0, 0.05) is 30.6 Å². The van der Waals surface area contributed by atoms with E-state index >= 15 is 0 Å². The van der Waals surface area contributed by atoms with Crippen LogP contribution in [0, 0.1) is 17.8 Å². The highest BCUT2D eigenvalue weighted by atomic mass is 19.4. The molecule has 0 saturated heterocycles. The average molecular weight is 341 g/mol. The largest absolute Gasteiger partial charge is 0.396 e. The van der Waals surface area contributed by atoms with E-state index in [1.54, 1.807) is 24.3 Å². The molecule has 1 amide bonds. The Balaban J connectivity index is 1.59. The number of aliphatic hydroxyl groups excluding tert-OH is 1. The normalized spacial score (nSPS) is 29.0. The molecule has 2 aliphatic carbocycles. The summed E-state index contributed by atoms with van der Waals surface area (Å²) in [6, 6.07) is 6.30. The molecule has 4 atom stereocenters. The quantitative estimate of drug-likeness (QED) is 0.863. The molecule has 0 radical (unpaired) electrons. The van der Waals surface area contributed by atoms with Gasteiger partial charge in [-0.2, -0.15) is 13.2 Å². The van der Waals surface area contributed by atoms with Crippen LogP contribution in [0.25, 0.3) is 0 Å². The van der Waals surface area contributed by atoms with E-state index in [0.717, 1.165) is 19.3 Å². The third-order valence-electron chi connectivity index (χ3n) is 5.51. The molecular weight excluding hydrogens is 319 g/mol. The standard InChI is InChI=1S/C18H22F3NO2/c19-18(20,21)8-7-11-1-3-12(4-2-11)17(24)22-16-14-6-5-13(9-14)15(16)10-23/h1-4,13-16,23H,5-10H2,(H,22,24). The van der Waals surface area contributed by atoms with Crippen LogP contribution in [0.1, 0.15) is 41.6 Å². The molecule has 6 heteroatoms. The Morgan fingerprint density at radius 2 is 1.83 bits per heavy atom. The summed E-state index contributed by atoms with van der Waals surface area (Å²) in [4.78, 5) is 12.4. The van der Waals surface area contributed by atoms with E-state index < -0.39 is 12.6 Å². The lowest BCUT2D eigenvalue weighted by atomic mass is 9.85. The fraction of sp³-hybridized carbons (Fsp3) is 0.611. The SMILES string of the molecule is O=C(NC1C2CCC(C2)C1CO)c1ccc(CCC(F)(F)F)cc1. The van der Waals surface area contributed by atoms with Gasteiger partial charge < -0.3 is 10.4 Å². The van der Waals surface area contributed by atoms with Crippen LogP contribution < -0.4 is 5.32 Å². The predicted octanol–water partition coefficient (Wildman–Crippen LogP) is 3.32. The topological polar surface area (TPSA) is 49.3 Å². The molecule has 1 aromatic carbocycles. The lowest BCUT2D eigenvalue weighted by Crippen LogP contribution is -2.45. The number of aliphatic hydroxyl groups is 1. The number of hydrogen-bond donors (Lipinski definition) is 2.